The summed E-state index contributed by atoms with van der Waals surface area (Å²) in [4.78, 5) is 4.30. The van der Waals surface area contributed by atoms with Crippen molar-refractivity contribution < 1.29 is 9.47 Å². The smallest absolute Gasteiger partial charge is 0.166 e. The first-order chi connectivity index (χ1) is 9.85. The van der Waals surface area contributed by atoms with Gasteiger partial charge in [-0.3, -0.25) is 5.84 Å². The summed E-state index contributed by atoms with van der Waals surface area (Å²) in [6.45, 7) is 3.82. The maximum Gasteiger partial charge on any atom is 0.166 e. The molecule has 3 rings (SSSR count). The quantitative estimate of drug-likeness (QED) is 0.628. The van der Waals surface area contributed by atoms with Crippen LogP contribution >= 0.6 is 0 Å². The Labute approximate surface area is 116 Å². The monoisotopic (exact) mass is 275 g/mol. The standard InChI is InChI=1S/C13H17N5O2/c1-2-18-13(15-8-16-18)11(17-14)9-4-3-5-10-12(9)20-7-6-19-10/h3-5,8,11,17H,2,6-7,14H2,1H3. The average molecular weight is 275 g/mol. The molecule has 0 radical (unpaired) electrons. The van der Waals surface area contributed by atoms with Gasteiger partial charge in [-0.25, -0.2) is 15.1 Å². The Hall–Kier alpha value is -2.12. The Morgan fingerprint density at radius 2 is 2.25 bits per heavy atom. The lowest BCUT2D eigenvalue weighted by atomic mass is 10.0. The lowest BCUT2D eigenvalue weighted by Crippen LogP contribution is -2.32. The molecule has 1 atom stereocenters. The first kappa shape index (κ1) is 12.9. The van der Waals surface area contributed by atoms with E-state index in [9.17, 15) is 0 Å². The van der Waals surface area contributed by atoms with Crippen molar-refractivity contribution in [3.63, 3.8) is 0 Å². The number of fused-ring (bicyclic) bond motifs is 1. The van der Waals surface area contributed by atoms with Crippen LogP contribution in [0.3, 0.4) is 0 Å². The molecule has 1 aliphatic rings. The van der Waals surface area contributed by atoms with Gasteiger partial charge in [0.2, 0.25) is 0 Å². The molecule has 0 fully saturated rings. The van der Waals surface area contributed by atoms with Crippen LogP contribution in [0.2, 0.25) is 0 Å². The number of aryl methyl sites for hydroxylation is 1. The molecule has 1 unspecified atom stereocenters. The van der Waals surface area contributed by atoms with Gasteiger partial charge in [0, 0.05) is 12.1 Å². The summed E-state index contributed by atoms with van der Waals surface area (Å²) >= 11 is 0. The van der Waals surface area contributed by atoms with E-state index in [0.717, 1.165) is 23.7 Å². The molecule has 0 spiro atoms. The van der Waals surface area contributed by atoms with Crippen LogP contribution in [0.5, 0.6) is 11.5 Å². The minimum Gasteiger partial charge on any atom is -0.486 e. The molecular formula is C13H17N5O2. The summed E-state index contributed by atoms with van der Waals surface area (Å²) in [6.07, 6.45) is 1.52. The zero-order valence-corrected chi connectivity index (χ0v) is 11.2. The third-order valence-electron chi connectivity index (χ3n) is 3.28. The number of benzene rings is 1. The first-order valence-electron chi connectivity index (χ1n) is 6.57. The van der Waals surface area contributed by atoms with Crippen molar-refractivity contribution in [3.05, 3.63) is 35.9 Å². The molecule has 2 aromatic rings. The molecule has 0 amide bonds. The van der Waals surface area contributed by atoms with Crippen molar-refractivity contribution in [3.8, 4) is 11.5 Å². The van der Waals surface area contributed by atoms with Gasteiger partial charge in [0.05, 0.1) is 0 Å². The van der Waals surface area contributed by atoms with Gasteiger partial charge in [0.15, 0.2) is 11.5 Å². The molecule has 1 aliphatic heterocycles. The molecule has 7 heteroatoms. The van der Waals surface area contributed by atoms with Gasteiger partial charge in [-0.15, -0.1) is 0 Å². The summed E-state index contributed by atoms with van der Waals surface area (Å²) < 4.78 is 13.1. The highest BCUT2D eigenvalue weighted by molar-refractivity contribution is 5.50. The largest absolute Gasteiger partial charge is 0.486 e. The summed E-state index contributed by atoms with van der Waals surface area (Å²) in [5, 5.41) is 4.18. The van der Waals surface area contributed by atoms with E-state index in [4.69, 9.17) is 15.3 Å². The van der Waals surface area contributed by atoms with E-state index in [1.54, 1.807) is 4.68 Å². The number of hydrogen-bond acceptors (Lipinski definition) is 6. The number of nitrogens with two attached hydrogens (primary N) is 1. The van der Waals surface area contributed by atoms with Crippen LogP contribution in [0, 0.1) is 0 Å². The number of aromatic nitrogens is 3. The van der Waals surface area contributed by atoms with Gasteiger partial charge >= 0.3 is 0 Å². The predicted octanol–water partition coefficient (Wildman–Crippen LogP) is 0.622. The highest BCUT2D eigenvalue weighted by Crippen LogP contribution is 2.38. The fraction of sp³-hybridized carbons (Fsp3) is 0.385. The molecule has 3 N–H and O–H groups in total. The number of nitrogens with zero attached hydrogens (tertiary/aromatic N) is 3. The highest BCUT2D eigenvalue weighted by atomic mass is 16.6. The van der Waals surface area contributed by atoms with Gasteiger partial charge in [-0.2, -0.15) is 5.10 Å². The molecule has 0 aliphatic carbocycles. The second-order valence-corrected chi connectivity index (χ2v) is 4.41. The van der Waals surface area contributed by atoms with Gasteiger partial charge in [-0.1, -0.05) is 12.1 Å². The van der Waals surface area contributed by atoms with Crippen molar-refractivity contribution in [1.82, 2.24) is 20.2 Å². The van der Waals surface area contributed by atoms with E-state index in [1.807, 2.05) is 25.1 Å². The van der Waals surface area contributed by atoms with E-state index in [1.165, 1.54) is 6.33 Å². The van der Waals surface area contributed by atoms with Crippen molar-refractivity contribution in [2.75, 3.05) is 13.2 Å². The van der Waals surface area contributed by atoms with Crippen LogP contribution in [0.15, 0.2) is 24.5 Å². The average Bonchev–Trinajstić information content (AvgIpc) is 2.97. The van der Waals surface area contributed by atoms with E-state index >= 15 is 0 Å². The number of hydrogen-bond donors (Lipinski definition) is 2. The summed E-state index contributed by atoms with van der Waals surface area (Å²) in [6, 6.07) is 5.46. The van der Waals surface area contributed by atoms with E-state index < -0.39 is 0 Å². The fourth-order valence-corrected chi connectivity index (χ4v) is 2.37. The van der Waals surface area contributed by atoms with Crippen LogP contribution in [0.1, 0.15) is 24.4 Å². The second kappa shape index (κ2) is 5.48. The molecule has 1 aromatic carbocycles. The Kier molecular flexibility index (Phi) is 3.53. The lowest BCUT2D eigenvalue weighted by molar-refractivity contribution is 0.169. The molecule has 20 heavy (non-hydrogen) atoms. The van der Waals surface area contributed by atoms with Crippen molar-refractivity contribution in [2.45, 2.75) is 19.5 Å². The SMILES string of the molecule is CCn1ncnc1C(NN)c1cccc2c1OCCO2. The van der Waals surface area contributed by atoms with Gasteiger partial charge in [0.1, 0.15) is 31.4 Å². The summed E-state index contributed by atoms with van der Waals surface area (Å²) in [5.74, 6) is 7.92. The van der Waals surface area contributed by atoms with Crippen LogP contribution < -0.4 is 20.7 Å². The Balaban J connectivity index is 2.06. The third-order valence-corrected chi connectivity index (χ3v) is 3.28. The van der Waals surface area contributed by atoms with E-state index in [2.05, 4.69) is 15.5 Å². The van der Waals surface area contributed by atoms with Crippen LogP contribution in [0.25, 0.3) is 0 Å². The molecule has 0 saturated heterocycles. The van der Waals surface area contributed by atoms with Crippen molar-refractivity contribution >= 4 is 0 Å². The molecule has 2 heterocycles. The summed E-state index contributed by atoms with van der Waals surface area (Å²) in [7, 11) is 0. The minimum atomic E-state index is -0.297. The maximum absolute atomic E-state index is 5.73. The topological polar surface area (TPSA) is 87.2 Å². The van der Waals surface area contributed by atoms with Gasteiger partial charge < -0.3 is 9.47 Å². The van der Waals surface area contributed by atoms with Gasteiger partial charge in [-0.05, 0) is 13.0 Å². The molecular weight excluding hydrogens is 258 g/mol. The minimum absolute atomic E-state index is 0.297. The third kappa shape index (κ3) is 2.10. The molecule has 0 saturated carbocycles. The highest BCUT2D eigenvalue weighted by Gasteiger charge is 2.25. The fourth-order valence-electron chi connectivity index (χ4n) is 2.37. The molecule has 106 valence electrons. The molecule has 7 nitrogen and oxygen atoms in total. The van der Waals surface area contributed by atoms with Crippen molar-refractivity contribution in [2.24, 2.45) is 5.84 Å². The number of nitrogens with one attached hydrogen (secondary N) is 1. The van der Waals surface area contributed by atoms with Crippen LogP contribution in [-0.2, 0) is 6.54 Å². The summed E-state index contributed by atoms with van der Waals surface area (Å²) in [5.41, 5.74) is 3.68. The lowest BCUT2D eigenvalue weighted by Gasteiger charge is -2.24. The van der Waals surface area contributed by atoms with Crippen molar-refractivity contribution in [1.29, 1.82) is 0 Å². The molecule has 0 bridgehead atoms. The molecule has 1 aromatic heterocycles. The zero-order valence-electron chi connectivity index (χ0n) is 11.2. The zero-order chi connectivity index (χ0) is 13.9. The number of ether oxygens (including phenoxy) is 2. The Morgan fingerprint density at radius 1 is 1.40 bits per heavy atom. The first-order valence-corrected chi connectivity index (χ1v) is 6.57. The van der Waals surface area contributed by atoms with Crippen LogP contribution in [-0.4, -0.2) is 28.0 Å². The normalized spacial score (nSPS) is 15.1. The van der Waals surface area contributed by atoms with Crippen LogP contribution in [0.4, 0.5) is 0 Å². The number of para-hydroxylation sites is 1. The van der Waals surface area contributed by atoms with Gasteiger partial charge in [0.25, 0.3) is 0 Å². The Morgan fingerprint density at radius 3 is 3.05 bits per heavy atom. The maximum atomic E-state index is 5.73. The van der Waals surface area contributed by atoms with E-state index in [-0.39, 0.29) is 6.04 Å². The number of rotatable bonds is 4. The predicted molar refractivity (Wildman–Crippen MR) is 72.3 cm³/mol. The van der Waals surface area contributed by atoms with E-state index in [0.29, 0.717) is 19.0 Å². The number of hydrazine groups is 1. The second-order valence-electron chi connectivity index (χ2n) is 4.41. The Bertz CT molecular complexity index is 598.